The highest BCUT2D eigenvalue weighted by Gasteiger charge is 2.70. The van der Waals surface area contributed by atoms with Crippen LogP contribution in [0, 0.1) is 29.6 Å². The van der Waals surface area contributed by atoms with Gasteiger partial charge in [0.05, 0.1) is 35.2 Å². The number of methoxy groups -OCH3 is 1. The fourth-order valence-electron chi connectivity index (χ4n) is 8.27. The minimum Gasteiger partial charge on any atom is -0.493 e. The zero-order chi connectivity index (χ0) is 31.9. The highest BCUT2D eigenvalue weighted by atomic mass is 32.2. The second kappa shape index (κ2) is 10.8. The van der Waals surface area contributed by atoms with Crippen LogP contribution in [-0.4, -0.2) is 29.2 Å². The lowest BCUT2D eigenvalue weighted by atomic mass is 9.68. The van der Waals surface area contributed by atoms with E-state index >= 15 is 0 Å². The molecule has 4 aromatic rings. The lowest BCUT2D eigenvalue weighted by Crippen LogP contribution is -2.42. The number of thiazole rings is 1. The molecule has 2 bridgehead atoms. The minimum absolute atomic E-state index is 0.108. The number of nitrogens with one attached hydrogen (secondary N) is 1. The van der Waals surface area contributed by atoms with Crippen LogP contribution in [-0.2, 0) is 22.4 Å². The summed E-state index contributed by atoms with van der Waals surface area (Å²) in [6.07, 6.45) is -4.10. The molecular formula is C34H27F3N2O5S2. The number of aromatic nitrogens is 1. The number of alkyl halides is 3. The van der Waals surface area contributed by atoms with Gasteiger partial charge in [0, 0.05) is 16.0 Å². The Morgan fingerprint density at radius 3 is 2.37 bits per heavy atom. The van der Waals surface area contributed by atoms with Crippen molar-refractivity contribution in [3.8, 4) is 11.5 Å². The number of halogens is 3. The second-order valence-electron chi connectivity index (χ2n) is 12.2. The Kier molecular flexibility index (Phi) is 6.88. The first-order valence-electron chi connectivity index (χ1n) is 14.9. The number of hydrogen-bond acceptors (Lipinski definition) is 7. The number of thioether (sulfide) groups is 1. The maximum atomic E-state index is 14.0. The highest BCUT2D eigenvalue weighted by Crippen LogP contribution is 2.69. The average molecular weight is 665 g/mol. The summed E-state index contributed by atoms with van der Waals surface area (Å²) in [5.41, 5.74) is 0.470. The van der Waals surface area contributed by atoms with Gasteiger partial charge in [0.2, 0.25) is 11.8 Å². The largest absolute Gasteiger partial charge is 0.493 e. The molecule has 3 aromatic carbocycles. The SMILES string of the molecule is COc1cc([C@H]2c3sc(=O)[nH]c3SC3C4CC(C5C(=O)N(c6ccccc6C(F)(F)F)C(=O)C45)C32)ccc1OCc1ccccc1. The first-order valence-corrected chi connectivity index (χ1v) is 16.6. The zero-order valence-electron chi connectivity index (χ0n) is 24.3. The molecule has 7 atom stereocenters. The van der Waals surface area contributed by atoms with Crippen molar-refractivity contribution in [1.82, 2.24) is 4.98 Å². The maximum absolute atomic E-state index is 14.0. The molecule has 46 heavy (non-hydrogen) atoms. The van der Waals surface area contributed by atoms with Crippen molar-refractivity contribution in [3.63, 3.8) is 0 Å². The van der Waals surface area contributed by atoms with Crippen molar-refractivity contribution in [1.29, 1.82) is 0 Å². The number of carbonyl (C=O) groups is 2. The number of H-pyrrole nitrogens is 1. The number of imide groups is 1. The number of anilines is 1. The van der Waals surface area contributed by atoms with Crippen LogP contribution in [0.2, 0.25) is 0 Å². The summed E-state index contributed by atoms with van der Waals surface area (Å²) in [5, 5.41) is 0.633. The van der Waals surface area contributed by atoms with E-state index in [1.54, 1.807) is 7.11 Å². The quantitative estimate of drug-likeness (QED) is 0.230. The van der Waals surface area contributed by atoms with E-state index in [9.17, 15) is 27.6 Å². The molecular weight excluding hydrogens is 638 g/mol. The highest BCUT2D eigenvalue weighted by molar-refractivity contribution is 8.00. The summed E-state index contributed by atoms with van der Waals surface area (Å²) >= 11 is 2.65. The summed E-state index contributed by atoms with van der Waals surface area (Å²) in [4.78, 5) is 44.9. The predicted molar refractivity (Wildman–Crippen MR) is 166 cm³/mol. The molecule has 3 heterocycles. The van der Waals surface area contributed by atoms with Gasteiger partial charge in [-0.15, -0.1) is 11.8 Å². The van der Waals surface area contributed by atoms with Gasteiger partial charge in [0.25, 0.3) is 0 Å². The fourth-order valence-corrected chi connectivity index (χ4v) is 11.2. The van der Waals surface area contributed by atoms with Crippen LogP contribution in [0.5, 0.6) is 11.5 Å². The van der Waals surface area contributed by atoms with Gasteiger partial charge in [-0.3, -0.25) is 14.4 Å². The van der Waals surface area contributed by atoms with Crippen molar-refractivity contribution >= 4 is 40.6 Å². The van der Waals surface area contributed by atoms with E-state index in [1.165, 1.54) is 30.0 Å². The van der Waals surface area contributed by atoms with Crippen molar-refractivity contribution < 1.29 is 32.2 Å². The van der Waals surface area contributed by atoms with Crippen molar-refractivity contribution in [2.45, 2.75) is 35.4 Å². The maximum Gasteiger partial charge on any atom is 0.418 e. The number of benzene rings is 3. The molecule has 8 rings (SSSR count). The molecule has 236 valence electrons. The van der Waals surface area contributed by atoms with Crippen molar-refractivity contribution in [2.75, 3.05) is 12.0 Å². The number of ether oxygens (including phenoxy) is 2. The second-order valence-corrected chi connectivity index (χ2v) is 14.4. The van der Waals surface area contributed by atoms with Crippen LogP contribution >= 0.6 is 23.1 Å². The Labute approximate surface area is 269 Å². The Morgan fingerprint density at radius 1 is 0.913 bits per heavy atom. The number of rotatable bonds is 6. The smallest absolute Gasteiger partial charge is 0.418 e. The van der Waals surface area contributed by atoms with E-state index in [1.807, 2.05) is 48.5 Å². The van der Waals surface area contributed by atoms with Gasteiger partial charge < -0.3 is 14.5 Å². The minimum atomic E-state index is -4.72. The zero-order valence-corrected chi connectivity index (χ0v) is 26.0. The molecule has 1 N–H and O–H groups in total. The lowest BCUT2D eigenvalue weighted by molar-refractivity contribution is -0.137. The number of carbonyl (C=O) groups excluding carboxylic acids is 2. The summed E-state index contributed by atoms with van der Waals surface area (Å²) < 4.78 is 53.7. The number of hydrogen-bond donors (Lipinski definition) is 1. The van der Waals surface area contributed by atoms with Gasteiger partial charge in [-0.2, -0.15) is 13.2 Å². The summed E-state index contributed by atoms with van der Waals surface area (Å²) in [6.45, 7) is 0.349. The molecule has 7 nitrogen and oxygen atoms in total. The molecule has 2 amide bonds. The van der Waals surface area contributed by atoms with Gasteiger partial charge in [0.1, 0.15) is 6.61 Å². The molecule has 3 fully saturated rings. The van der Waals surface area contributed by atoms with Crippen LogP contribution in [0.4, 0.5) is 18.9 Å². The first-order chi connectivity index (χ1) is 22.2. The third-order valence-corrected chi connectivity index (χ3v) is 12.5. The molecule has 1 aromatic heterocycles. The van der Waals surface area contributed by atoms with E-state index < -0.39 is 41.1 Å². The Hall–Kier alpha value is -4.03. The molecule has 4 aliphatic rings. The topological polar surface area (TPSA) is 88.7 Å². The summed E-state index contributed by atoms with van der Waals surface area (Å²) in [7, 11) is 1.56. The van der Waals surface area contributed by atoms with E-state index in [2.05, 4.69) is 4.98 Å². The molecule has 1 saturated heterocycles. The Balaban J connectivity index is 1.16. The molecule has 12 heteroatoms. The monoisotopic (exact) mass is 664 g/mol. The van der Waals surface area contributed by atoms with E-state index in [0.717, 1.165) is 43.3 Å². The molecule has 2 aliphatic heterocycles. The van der Waals surface area contributed by atoms with E-state index in [4.69, 9.17) is 9.47 Å². The summed E-state index contributed by atoms with van der Waals surface area (Å²) in [5.74, 6) is -2.36. The molecule has 0 spiro atoms. The number of aromatic amines is 1. The number of nitrogens with zero attached hydrogens (tertiary/aromatic N) is 1. The molecule has 6 unspecified atom stereocenters. The lowest BCUT2D eigenvalue weighted by Gasteiger charge is -2.43. The van der Waals surface area contributed by atoms with Gasteiger partial charge in [-0.25, -0.2) is 4.90 Å². The van der Waals surface area contributed by atoms with Crippen molar-refractivity contribution in [2.24, 2.45) is 29.6 Å². The average Bonchev–Trinajstić information content (AvgIpc) is 3.78. The normalized spacial score (nSPS) is 27.8. The number of fused-ring (bicyclic) bond motifs is 9. The number of para-hydroxylation sites is 1. The third kappa shape index (κ3) is 4.44. The van der Waals surface area contributed by atoms with E-state index in [-0.39, 0.29) is 33.8 Å². The van der Waals surface area contributed by atoms with Gasteiger partial charge in [-0.1, -0.05) is 59.9 Å². The Bertz CT molecular complexity index is 1930. The number of amides is 2. The third-order valence-electron chi connectivity index (χ3n) is 9.96. The Morgan fingerprint density at radius 2 is 1.63 bits per heavy atom. The standard InChI is InChI=1S/C34H27F3N2O5S2/c1-43-23-13-17(11-12-22(23)44-15-16-7-3-2-4-8-16)24-25-18-14-19(28(25)45-30-29(24)46-33(42)38-30)27-26(18)31(40)39(32(27)41)21-10-6-5-9-20(21)34(35,36)37/h2-13,18-19,24-28H,14-15H2,1H3,(H,38,42)/t18?,19?,24-,25?,26?,27?,28?/m1/s1. The van der Waals surface area contributed by atoms with Crippen LogP contribution in [0.1, 0.15) is 33.9 Å². The fraction of sp³-hybridized carbons (Fsp3) is 0.324. The molecule has 2 saturated carbocycles. The van der Waals surface area contributed by atoms with Crippen LogP contribution in [0.25, 0.3) is 0 Å². The van der Waals surface area contributed by atoms with Crippen LogP contribution in [0.15, 0.2) is 82.6 Å². The van der Waals surface area contributed by atoms with Gasteiger partial charge in [0.15, 0.2) is 11.5 Å². The summed E-state index contributed by atoms with van der Waals surface area (Å²) in [6, 6.07) is 20.2. The van der Waals surface area contributed by atoms with Crippen LogP contribution < -0.4 is 19.2 Å². The van der Waals surface area contributed by atoms with Gasteiger partial charge in [-0.05, 0) is 59.6 Å². The van der Waals surface area contributed by atoms with E-state index in [0.29, 0.717) is 24.5 Å². The molecule has 0 radical (unpaired) electrons. The first kappa shape index (κ1) is 29.4. The van der Waals surface area contributed by atoms with Gasteiger partial charge >= 0.3 is 11.0 Å². The van der Waals surface area contributed by atoms with Crippen LogP contribution in [0.3, 0.4) is 0 Å². The van der Waals surface area contributed by atoms with Crippen molar-refractivity contribution in [3.05, 3.63) is 104 Å². The molecule has 2 aliphatic carbocycles. The predicted octanol–water partition coefficient (Wildman–Crippen LogP) is 6.72.